The van der Waals surface area contributed by atoms with Crippen LogP contribution < -0.4 is 11.1 Å². The molecule has 0 saturated carbocycles. The van der Waals surface area contributed by atoms with E-state index in [1.165, 1.54) is 15.5 Å². The van der Waals surface area contributed by atoms with Gasteiger partial charge in [-0.3, -0.25) is 0 Å². The maximum absolute atomic E-state index is 4.03. The summed E-state index contributed by atoms with van der Waals surface area (Å²) in [5.41, 5.74) is 6.40. The minimum atomic E-state index is 1.09. The molecule has 0 aliphatic carbocycles. The number of benzene rings is 2. The Kier molecular flexibility index (Phi) is 12.2. The molecule has 0 heterocycles. The Labute approximate surface area is 137 Å². The number of para-hydroxylation sites is 1. The third kappa shape index (κ3) is 7.05. The summed E-state index contributed by atoms with van der Waals surface area (Å²) in [5, 5.41) is 2.14. The Morgan fingerprint density at radius 2 is 1.24 bits per heavy atom. The Morgan fingerprint density at radius 3 is 1.81 bits per heavy atom. The highest BCUT2D eigenvalue weighted by Gasteiger charge is 2.07. The monoisotopic (exact) mass is 324 g/mol. The molecule has 0 aliphatic rings. The normalized spacial score (nSPS) is 9.05. The van der Waals surface area contributed by atoms with E-state index in [4.69, 9.17) is 0 Å². The van der Waals surface area contributed by atoms with Crippen molar-refractivity contribution in [2.75, 3.05) is 7.05 Å². The molecule has 0 unspecified atom stereocenters. The molecule has 21 heavy (non-hydrogen) atoms. The van der Waals surface area contributed by atoms with Gasteiger partial charge in [0.2, 0.25) is 0 Å². The summed E-state index contributed by atoms with van der Waals surface area (Å²) in [7, 11) is 5.62. The van der Waals surface area contributed by atoms with Crippen molar-refractivity contribution in [2.24, 2.45) is 0 Å². The first kappa shape index (κ1) is 20.1. The van der Waals surface area contributed by atoms with Gasteiger partial charge in [-0.25, -0.2) is 0 Å². The van der Waals surface area contributed by atoms with Gasteiger partial charge in [0.15, 0.2) is 0 Å². The van der Waals surface area contributed by atoms with Gasteiger partial charge in [-0.15, -0.1) is 0 Å². The second-order valence-electron chi connectivity index (χ2n) is 3.60. The third-order valence-corrected chi connectivity index (χ3v) is 4.96. The zero-order chi connectivity index (χ0) is 16.1. The summed E-state index contributed by atoms with van der Waals surface area (Å²) < 4.78 is 0. The number of nitrogens with two attached hydrogens (primary N) is 1. The molecule has 2 aromatic carbocycles. The fraction of sp³-hybridized carbons (Fsp3) is 0.294. The van der Waals surface area contributed by atoms with Gasteiger partial charge >= 0.3 is 0 Å². The van der Waals surface area contributed by atoms with Crippen LogP contribution in [-0.4, -0.2) is 7.05 Å². The van der Waals surface area contributed by atoms with Crippen molar-refractivity contribution in [3.63, 3.8) is 0 Å². The van der Waals surface area contributed by atoms with Gasteiger partial charge in [0.1, 0.15) is 11.4 Å². The standard InChI is InChI=1S/C13H14N2S2.2C2H6/c1-15-11-7-3-5-9-13(11)17-16-12-8-4-2-6-10(12)14;2*1-2/h2-9,15H,14H2,1H3;2*1-2H3/p+2. The smallest absolute Gasteiger partial charge is 0.143 e. The van der Waals surface area contributed by atoms with Crippen LogP contribution in [0.1, 0.15) is 27.7 Å². The quantitative estimate of drug-likeness (QED) is 0.653. The maximum Gasteiger partial charge on any atom is 0.143 e. The summed E-state index contributed by atoms with van der Waals surface area (Å²) in [6, 6.07) is 16.7. The van der Waals surface area contributed by atoms with Gasteiger partial charge in [-0.2, -0.15) is 0 Å². The highest BCUT2D eigenvalue weighted by atomic mass is 33.1. The lowest BCUT2D eigenvalue weighted by atomic mass is 10.3. The van der Waals surface area contributed by atoms with Crippen LogP contribution in [0.2, 0.25) is 0 Å². The second-order valence-corrected chi connectivity index (χ2v) is 5.81. The van der Waals surface area contributed by atoms with Crippen LogP contribution in [-0.2, 0) is 0 Å². The van der Waals surface area contributed by atoms with E-state index in [-0.39, 0.29) is 0 Å². The van der Waals surface area contributed by atoms with E-state index in [0.29, 0.717) is 0 Å². The molecule has 5 N–H and O–H groups in total. The molecule has 4 heteroatoms. The maximum atomic E-state index is 4.03. The first-order valence-electron chi connectivity index (χ1n) is 7.45. The SMILES string of the molecule is CC.CC.C[NH2+]c1ccccc1SSc1ccccc1[NH3+]. The predicted molar refractivity (Wildman–Crippen MR) is 97.4 cm³/mol. The summed E-state index contributed by atoms with van der Waals surface area (Å²) in [4.78, 5) is 2.52. The largest absolute Gasteiger partial charge is 0.324 e. The van der Waals surface area contributed by atoms with E-state index < -0.39 is 0 Å². The Hall–Kier alpha value is -0.940. The van der Waals surface area contributed by atoms with Crippen LogP contribution in [0.25, 0.3) is 0 Å². The summed E-state index contributed by atoms with van der Waals surface area (Å²) in [6.45, 7) is 8.00. The second kappa shape index (κ2) is 12.8. The third-order valence-electron chi connectivity index (χ3n) is 2.42. The first-order chi connectivity index (χ1) is 10.3. The predicted octanol–water partition coefficient (Wildman–Crippen LogP) is 4.24. The molecule has 0 spiro atoms. The molecule has 2 nitrogen and oxygen atoms in total. The minimum absolute atomic E-state index is 1.09. The zero-order valence-electron chi connectivity index (χ0n) is 13.7. The molecule has 0 aromatic heterocycles. The first-order valence-corrected chi connectivity index (χ1v) is 9.60. The molecule has 0 aliphatic heterocycles. The van der Waals surface area contributed by atoms with Gasteiger partial charge < -0.3 is 11.1 Å². The summed E-state index contributed by atoms with van der Waals surface area (Å²) in [6.07, 6.45) is 0. The van der Waals surface area contributed by atoms with Crippen LogP contribution in [0.4, 0.5) is 11.4 Å². The Morgan fingerprint density at radius 1 is 0.762 bits per heavy atom. The minimum Gasteiger partial charge on any atom is -0.324 e. The lowest BCUT2D eigenvalue weighted by Crippen LogP contribution is -2.72. The average molecular weight is 325 g/mol. The average Bonchev–Trinajstić information content (AvgIpc) is 2.58. The van der Waals surface area contributed by atoms with Crippen molar-refractivity contribution in [3.05, 3.63) is 48.5 Å². The van der Waals surface area contributed by atoms with Crippen molar-refractivity contribution in [1.82, 2.24) is 0 Å². The lowest BCUT2D eigenvalue weighted by Gasteiger charge is -2.04. The van der Waals surface area contributed by atoms with E-state index in [1.54, 1.807) is 21.6 Å². The highest BCUT2D eigenvalue weighted by molar-refractivity contribution is 8.76. The van der Waals surface area contributed by atoms with Crippen LogP contribution in [0, 0.1) is 0 Å². The van der Waals surface area contributed by atoms with Gasteiger partial charge in [-0.05, 0) is 33.7 Å². The molecule has 0 fully saturated rings. The van der Waals surface area contributed by atoms with Crippen LogP contribution in [0.3, 0.4) is 0 Å². The van der Waals surface area contributed by atoms with Gasteiger partial charge in [0, 0.05) is 12.1 Å². The Bertz CT molecular complexity index is 502. The summed E-state index contributed by atoms with van der Waals surface area (Å²) >= 11 is 0. The molecular formula is C17H28N2S2+2. The fourth-order valence-corrected chi connectivity index (χ4v) is 3.86. The van der Waals surface area contributed by atoms with Crippen molar-refractivity contribution < 1.29 is 11.1 Å². The molecule has 2 aromatic rings. The molecular weight excluding hydrogens is 296 g/mol. The lowest BCUT2D eigenvalue weighted by molar-refractivity contribution is -0.541. The van der Waals surface area contributed by atoms with E-state index in [9.17, 15) is 0 Å². The van der Waals surface area contributed by atoms with Crippen molar-refractivity contribution in [3.8, 4) is 0 Å². The molecule has 0 bridgehead atoms. The number of rotatable bonds is 4. The molecule has 0 amide bonds. The van der Waals surface area contributed by atoms with Crippen molar-refractivity contribution in [2.45, 2.75) is 37.5 Å². The highest BCUT2D eigenvalue weighted by Crippen LogP contribution is 2.41. The number of quaternary nitrogens is 2. The molecule has 0 atom stereocenters. The van der Waals surface area contributed by atoms with Gasteiger partial charge in [-0.1, -0.05) is 52.0 Å². The van der Waals surface area contributed by atoms with Crippen molar-refractivity contribution >= 4 is 33.0 Å². The zero-order valence-corrected chi connectivity index (χ0v) is 15.4. The van der Waals surface area contributed by atoms with Crippen LogP contribution >= 0.6 is 21.6 Å². The van der Waals surface area contributed by atoms with E-state index in [1.807, 2.05) is 39.8 Å². The Balaban J connectivity index is 0.000000921. The van der Waals surface area contributed by atoms with Crippen LogP contribution in [0.15, 0.2) is 58.3 Å². The summed E-state index contributed by atoms with van der Waals surface area (Å²) in [5.74, 6) is 0. The van der Waals surface area contributed by atoms with E-state index in [0.717, 1.165) is 5.69 Å². The van der Waals surface area contributed by atoms with E-state index in [2.05, 4.69) is 54.5 Å². The molecule has 0 radical (unpaired) electrons. The van der Waals surface area contributed by atoms with E-state index >= 15 is 0 Å². The van der Waals surface area contributed by atoms with Crippen LogP contribution in [0.5, 0.6) is 0 Å². The number of hydrogen-bond donors (Lipinski definition) is 2. The fourth-order valence-electron chi connectivity index (χ4n) is 1.47. The van der Waals surface area contributed by atoms with Gasteiger partial charge in [0.25, 0.3) is 0 Å². The number of hydrogen-bond acceptors (Lipinski definition) is 2. The molecule has 2 rings (SSSR count). The molecule has 0 saturated heterocycles. The molecule has 116 valence electrons. The topological polar surface area (TPSA) is 44.2 Å². The van der Waals surface area contributed by atoms with Crippen molar-refractivity contribution in [1.29, 1.82) is 0 Å². The van der Waals surface area contributed by atoms with Gasteiger partial charge in [0.05, 0.1) is 16.8 Å².